The number of hydrogen-bond acceptors (Lipinski definition) is 2. The lowest BCUT2D eigenvalue weighted by atomic mass is 9.84. The van der Waals surface area contributed by atoms with Crippen LogP contribution in [-0.2, 0) is 4.79 Å². The summed E-state index contributed by atoms with van der Waals surface area (Å²) in [6.45, 7) is 8.72. The van der Waals surface area contributed by atoms with E-state index in [0.29, 0.717) is 5.41 Å². The predicted octanol–water partition coefficient (Wildman–Crippen LogP) is 2.71. The van der Waals surface area contributed by atoms with Gasteiger partial charge in [-0.3, -0.25) is 4.79 Å². The van der Waals surface area contributed by atoms with Gasteiger partial charge in [0.15, 0.2) is 0 Å². The highest BCUT2D eigenvalue weighted by Crippen LogP contribution is 2.25. The molecule has 2 unspecified atom stereocenters. The lowest BCUT2D eigenvalue weighted by molar-refractivity contribution is -0.124. The van der Waals surface area contributed by atoms with Crippen LogP contribution in [0.5, 0.6) is 0 Å². The highest BCUT2D eigenvalue weighted by Gasteiger charge is 2.24. The Hall–Kier alpha value is -0.570. The third-order valence-corrected chi connectivity index (χ3v) is 3.39. The average Bonchev–Trinajstić information content (AvgIpc) is 2.20. The van der Waals surface area contributed by atoms with Gasteiger partial charge in [-0.2, -0.15) is 0 Å². The van der Waals surface area contributed by atoms with Crippen molar-refractivity contribution in [2.45, 2.75) is 59.8 Å². The molecule has 17 heavy (non-hydrogen) atoms. The molecule has 0 aliphatic heterocycles. The van der Waals surface area contributed by atoms with Crippen LogP contribution in [0.15, 0.2) is 0 Å². The molecule has 0 aromatic rings. The van der Waals surface area contributed by atoms with Crippen molar-refractivity contribution >= 4 is 5.91 Å². The molecule has 3 nitrogen and oxygen atoms in total. The summed E-state index contributed by atoms with van der Waals surface area (Å²) in [7, 11) is 0. The number of amides is 1. The number of unbranched alkanes of at least 4 members (excludes halogenated alkanes) is 1. The fourth-order valence-corrected chi connectivity index (χ4v) is 2.17. The Bertz CT molecular complexity index is 217. The van der Waals surface area contributed by atoms with E-state index in [1.54, 1.807) is 0 Å². The van der Waals surface area contributed by atoms with E-state index in [1.165, 1.54) is 0 Å². The summed E-state index contributed by atoms with van der Waals surface area (Å²) < 4.78 is 0. The van der Waals surface area contributed by atoms with E-state index >= 15 is 0 Å². The third kappa shape index (κ3) is 7.37. The highest BCUT2D eigenvalue weighted by atomic mass is 16.3. The summed E-state index contributed by atoms with van der Waals surface area (Å²) in [5.74, 6) is -0.395. The van der Waals surface area contributed by atoms with E-state index in [-0.39, 0.29) is 24.3 Å². The molecule has 0 fully saturated rings. The van der Waals surface area contributed by atoms with E-state index in [0.717, 1.165) is 32.1 Å². The number of carbonyl (C=O) groups excluding carboxylic acids is 1. The molecule has 2 atom stereocenters. The van der Waals surface area contributed by atoms with Crippen molar-refractivity contribution in [1.82, 2.24) is 0 Å². The van der Waals surface area contributed by atoms with Gasteiger partial charge in [0.2, 0.25) is 5.91 Å². The minimum Gasteiger partial charge on any atom is -0.396 e. The van der Waals surface area contributed by atoms with Crippen LogP contribution in [-0.4, -0.2) is 17.6 Å². The molecule has 0 bridgehead atoms. The van der Waals surface area contributed by atoms with Crippen LogP contribution >= 0.6 is 0 Å². The summed E-state index contributed by atoms with van der Waals surface area (Å²) in [6, 6.07) is 0. The number of carbonyl (C=O) groups is 1. The van der Waals surface area contributed by atoms with Crippen molar-refractivity contribution in [3.63, 3.8) is 0 Å². The normalized spacial score (nSPS) is 15.6. The molecule has 0 rings (SSSR count). The van der Waals surface area contributed by atoms with Crippen molar-refractivity contribution in [3.05, 3.63) is 0 Å². The Labute approximate surface area is 106 Å². The van der Waals surface area contributed by atoms with Crippen molar-refractivity contribution in [2.75, 3.05) is 6.61 Å². The lowest BCUT2D eigenvalue weighted by Gasteiger charge is -2.22. The Balaban J connectivity index is 4.06. The average molecular weight is 243 g/mol. The van der Waals surface area contributed by atoms with Gasteiger partial charge in [0.25, 0.3) is 0 Å². The summed E-state index contributed by atoms with van der Waals surface area (Å²) in [6.07, 6.45) is 4.92. The number of primary amides is 1. The minimum atomic E-state index is -0.262. The molecular weight excluding hydrogens is 214 g/mol. The molecule has 1 amide bonds. The highest BCUT2D eigenvalue weighted by molar-refractivity contribution is 5.76. The monoisotopic (exact) mass is 243 g/mol. The molecule has 3 N–H and O–H groups in total. The SMILES string of the molecule is CCC(CO)C(CCCCC(C)(C)C)C(N)=O. The molecule has 0 aromatic carbocycles. The molecule has 3 heteroatoms. The van der Waals surface area contributed by atoms with Gasteiger partial charge in [-0.1, -0.05) is 47.0 Å². The van der Waals surface area contributed by atoms with Crippen molar-refractivity contribution in [2.24, 2.45) is 23.0 Å². The zero-order chi connectivity index (χ0) is 13.5. The molecule has 0 saturated carbocycles. The number of hydrogen-bond donors (Lipinski definition) is 2. The first kappa shape index (κ1) is 16.4. The first-order chi connectivity index (χ1) is 7.81. The predicted molar refractivity (Wildman–Crippen MR) is 71.5 cm³/mol. The second-order valence-electron chi connectivity index (χ2n) is 6.17. The topological polar surface area (TPSA) is 63.3 Å². The summed E-state index contributed by atoms with van der Waals surface area (Å²) in [5, 5.41) is 9.22. The second kappa shape index (κ2) is 7.70. The fraction of sp³-hybridized carbons (Fsp3) is 0.929. The van der Waals surface area contributed by atoms with Crippen LogP contribution in [0, 0.1) is 17.3 Å². The van der Waals surface area contributed by atoms with Gasteiger partial charge in [-0.15, -0.1) is 0 Å². The maximum atomic E-state index is 11.4. The first-order valence-corrected chi connectivity index (χ1v) is 6.72. The fourth-order valence-electron chi connectivity index (χ4n) is 2.17. The molecule has 0 aromatic heterocycles. The van der Waals surface area contributed by atoms with Gasteiger partial charge < -0.3 is 10.8 Å². The summed E-state index contributed by atoms with van der Waals surface area (Å²) in [4.78, 5) is 11.4. The largest absolute Gasteiger partial charge is 0.396 e. The number of rotatable bonds is 8. The zero-order valence-corrected chi connectivity index (χ0v) is 11.8. The zero-order valence-electron chi connectivity index (χ0n) is 11.8. The van der Waals surface area contributed by atoms with E-state index in [2.05, 4.69) is 20.8 Å². The third-order valence-electron chi connectivity index (χ3n) is 3.39. The van der Waals surface area contributed by atoms with Gasteiger partial charge in [0, 0.05) is 12.5 Å². The molecule has 102 valence electrons. The van der Waals surface area contributed by atoms with E-state index in [1.807, 2.05) is 6.92 Å². The summed E-state index contributed by atoms with van der Waals surface area (Å²) in [5.41, 5.74) is 5.76. The van der Waals surface area contributed by atoms with Crippen molar-refractivity contribution in [3.8, 4) is 0 Å². The minimum absolute atomic E-state index is 0.0298. The molecule has 0 aliphatic carbocycles. The molecule has 0 spiro atoms. The van der Waals surface area contributed by atoms with Crippen molar-refractivity contribution < 1.29 is 9.90 Å². The van der Waals surface area contributed by atoms with Crippen LogP contribution in [0.2, 0.25) is 0 Å². The van der Waals surface area contributed by atoms with Gasteiger partial charge in [0.1, 0.15) is 0 Å². The second-order valence-corrected chi connectivity index (χ2v) is 6.17. The van der Waals surface area contributed by atoms with Crippen LogP contribution in [0.3, 0.4) is 0 Å². The Morgan fingerprint density at radius 1 is 1.29 bits per heavy atom. The van der Waals surface area contributed by atoms with E-state index in [9.17, 15) is 9.90 Å². The summed E-state index contributed by atoms with van der Waals surface area (Å²) >= 11 is 0. The van der Waals surface area contributed by atoms with E-state index < -0.39 is 0 Å². The van der Waals surface area contributed by atoms with Gasteiger partial charge in [-0.05, 0) is 24.2 Å². The Kier molecular flexibility index (Phi) is 7.44. The van der Waals surface area contributed by atoms with Crippen LogP contribution in [0.4, 0.5) is 0 Å². The Morgan fingerprint density at radius 3 is 2.24 bits per heavy atom. The lowest BCUT2D eigenvalue weighted by Crippen LogP contribution is -2.31. The van der Waals surface area contributed by atoms with Gasteiger partial charge in [-0.25, -0.2) is 0 Å². The smallest absolute Gasteiger partial charge is 0.220 e. The van der Waals surface area contributed by atoms with Crippen LogP contribution < -0.4 is 5.73 Å². The van der Waals surface area contributed by atoms with Crippen LogP contribution in [0.25, 0.3) is 0 Å². The maximum absolute atomic E-state index is 11.4. The molecule has 0 radical (unpaired) electrons. The molecule has 0 saturated heterocycles. The molecule has 0 aliphatic rings. The quantitative estimate of drug-likeness (QED) is 0.644. The van der Waals surface area contributed by atoms with Crippen LogP contribution in [0.1, 0.15) is 59.8 Å². The van der Waals surface area contributed by atoms with E-state index in [4.69, 9.17) is 5.73 Å². The van der Waals surface area contributed by atoms with Gasteiger partial charge in [0.05, 0.1) is 0 Å². The Morgan fingerprint density at radius 2 is 1.88 bits per heavy atom. The number of aliphatic hydroxyl groups is 1. The molecular formula is C14H29NO2. The number of aliphatic hydroxyl groups excluding tert-OH is 1. The standard InChI is InChI=1S/C14H29NO2/c1-5-11(10-16)12(13(15)17)8-6-7-9-14(2,3)4/h11-12,16H,5-10H2,1-4H3,(H2,15,17). The number of nitrogens with two attached hydrogens (primary N) is 1. The maximum Gasteiger partial charge on any atom is 0.220 e. The van der Waals surface area contributed by atoms with Gasteiger partial charge >= 0.3 is 0 Å². The molecule has 0 heterocycles. The first-order valence-electron chi connectivity index (χ1n) is 6.72. The van der Waals surface area contributed by atoms with Crippen molar-refractivity contribution in [1.29, 1.82) is 0 Å².